The van der Waals surface area contributed by atoms with Gasteiger partial charge >= 0.3 is 0 Å². The van der Waals surface area contributed by atoms with Crippen molar-refractivity contribution < 1.29 is 97.2 Å². The van der Waals surface area contributed by atoms with Gasteiger partial charge in [-0.3, -0.25) is 4.79 Å². The first-order chi connectivity index (χ1) is 30.4. The van der Waals surface area contributed by atoms with Gasteiger partial charge in [-0.2, -0.15) is 4.57 Å². The molecule has 7 aromatic rings. The molecule has 0 atom stereocenters. The normalized spacial score (nSPS) is 11.6. The first-order valence-electron chi connectivity index (χ1n) is 17.4. The minimum Gasteiger partial charge on any atom is -0.366 e. The molecular formula is C41H15BF20N2O. The lowest BCUT2D eigenvalue weighted by molar-refractivity contribution is -0.662. The Morgan fingerprint density at radius 3 is 1.02 bits per heavy atom. The van der Waals surface area contributed by atoms with Crippen LogP contribution < -0.4 is 32.2 Å². The van der Waals surface area contributed by atoms with Crippen molar-refractivity contribution in [1.29, 1.82) is 0 Å². The molecule has 6 aromatic carbocycles. The molecule has 0 bridgehead atoms. The molecule has 0 saturated heterocycles. The maximum Gasteiger partial charge on any atom is 0.248 e. The second-order valence-electron chi connectivity index (χ2n) is 13.6. The van der Waals surface area contributed by atoms with E-state index < -0.39 is 150 Å². The van der Waals surface area contributed by atoms with Gasteiger partial charge < -0.3 is 5.73 Å². The average molecular weight is 942 g/mol. The summed E-state index contributed by atoms with van der Waals surface area (Å²) < 4.78 is 296. The van der Waals surface area contributed by atoms with Crippen LogP contribution in [0.15, 0.2) is 66.9 Å². The summed E-state index contributed by atoms with van der Waals surface area (Å²) in [5.74, 6) is -71.8. The lowest BCUT2D eigenvalue weighted by atomic mass is 9.12. The van der Waals surface area contributed by atoms with E-state index in [0.29, 0.717) is 5.56 Å². The Labute approximate surface area is 348 Å². The Morgan fingerprint density at radius 2 is 0.708 bits per heavy atom. The molecule has 0 spiro atoms. The number of primary amides is 1. The Bertz CT molecular complexity index is 2730. The Hall–Kier alpha value is -7.14. The second kappa shape index (κ2) is 17.4. The van der Waals surface area contributed by atoms with Gasteiger partial charge in [0.2, 0.25) is 11.4 Å². The van der Waals surface area contributed by atoms with Gasteiger partial charge in [0.1, 0.15) is 52.7 Å². The summed E-state index contributed by atoms with van der Waals surface area (Å²) in [6, 6.07) is 19.8. The standard InChI is InChI=1S/C24BF20.C17H14N2O/c26-5-1(6(27)14(35)21(42)13(5)34)25(2-7(28)15(36)22(43)16(37)8(2)29,3-9(30)17(38)23(44)18(39)10(3)31)4-11(32)19(40)24(45)20(41)12(4)33;18-17(20)15-8-9-16-14(11-15)7-4-10-19(16)12-13-5-2-1-3-6-13/h;1-11H,12H2,(H-,18,20)/q-1;/p+1. The summed E-state index contributed by atoms with van der Waals surface area (Å²) in [6.07, 6.45) is -5.18. The predicted octanol–water partition coefficient (Wildman–Crippen LogP) is 8.12. The number of aromatic nitrogens is 1. The Balaban J connectivity index is 0.000000289. The molecule has 0 aliphatic rings. The molecule has 0 aliphatic heterocycles. The van der Waals surface area contributed by atoms with Gasteiger partial charge in [0, 0.05) is 28.6 Å². The third-order valence-electron chi connectivity index (χ3n) is 10.1. The minimum absolute atomic E-state index is 0.398. The van der Waals surface area contributed by atoms with Crippen molar-refractivity contribution in [2.24, 2.45) is 5.73 Å². The van der Waals surface area contributed by atoms with E-state index in [1.54, 1.807) is 6.07 Å². The van der Waals surface area contributed by atoms with Crippen molar-refractivity contribution in [2.45, 2.75) is 6.54 Å². The SMILES string of the molecule is Fc1c(F)c(F)c([B-](c2c(F)c(F)c(F)c(F)c2F)(c2c(F)c(F)c(F)c(F)c2F)c2c(F)c(F)c(F)c(F)c2F)c(F)c1F.NC(=O)c1ccc2c(ccc[n+]2Cc2ccccc2)c1. The van der Waals surface area contributed by atoms with Crippen LogP contribution in [0.25, 0.3) is 10.9 Å². The van der Waals surface area contributed by atoms with Gasteiger partial charge in [-0.25, -0.2) is 87.8 Å². The van der Waals surface area contributed by atoms with E-state index in [4.69, 9.17) is 5.73 Å². The predicted molar refractivity (Wildman–Crippen MR) is 187 cm³/mol. The molecule has 1 amide bonds. The number of hydrogen-bond acceptors (Lipinski definition) is 1. The zero-order chi connectivity index (χ0) is 48.3. The zero-order valence-electron chi connectivity index (χ0n) is 31.1. The summed E-state index contributed by atoms with van der Waals surface area (Å²) in [7, 11) is 0. The third-order valence-corrected chi connectivity index (χ3v) is 10.1. The highest BCUT2D eigenvalue weighted by molar-refractivity contribution is 7.20. The number of nitrogens with zero attached hydrogens (tertiary/aromatic N) is 1. The maximum absolute atomic E-state index is 15.4. The molecular weight excluding hydrogens is 927 g/mol. The van der Waals surface area contributed by atoms with Gasteiger partial charge in [0.25, 0.3) is 0 Å². The van der Waals surface area contributed by atoms with Crippen LogP contribution in [-0.4, -0.2) is 12.1 Å². The number of rotatable bonds is 7. The van der Waals surface area contributed by atoms with E-state index >= 15 is 35.1 Å². The van der Waals surface area contributed by atoms with E-state index in [9.17, 15) is 57.5 Å². The number of benzene rings is 6. The van der Waals surface area contributed by atoms with Crippen LogP contribution >= 0.6 is 0 Å². The summed E-state index contributed by atoms with van der Waals surface area (Å²) in [6.45, 7) is 0.800. The van der Waals surface area contributed by atoms with Gasteiger partial charge in [-0.05, 0) is 18.2 Å². The third kappa shape index (κ3) is 7.42. The van der Waals surface area contributed by atoms with E-state index in [1.807, 2.05) is 48.7 Å². The zero-order valence-corrected chi connectivity index (χ0v) is 31.1. The van der Waals surface area contributed by atoms with Gasteiger partial charge in [-0.15, -0.1) is 21.9 Å². The van der Waals surface area contributed by atoms with Crippen LogP contribution in [0, 0.1) is 116 Å². The largest absolute Gasteiger partial charge is 0.366 e. The van der Waals surface area contributed by atoms with Gasteiger partial charge in [-0.1, -0.05) is 30.3 Å². The smallest absolute Gasteiger partial charge is 0.248 e. The minimum atomic E-state index is -7.22. The summed E-state index contributed by atoms with van der Waals surface area (Å²) in [5, 5.41) is 1.01. The van der Waals surface area contributed by atoms with E-state index in [1.165, 1.54) is 5.56 Å². The number of nitrogens with two attached hydrogens (primary N) is 1. The molecule has 2 N–H and O–H groups in total. The molecule has 0 saturated carbocycles. The van der Waals surface area contributed by atoms with Crippen molar-refractivity contribution in [2.75, 3.05) is 0 Å². The second-order valence-corrected chi connectivity index (χ2v) is 13.6. The number of carbonyl (C=O) groups excluding carboxylic acids is 1. The maximum atomic E-state index is 15.4. The van der Waals surface area contributed by atoms with Crippen molar-refractivity contribution in [3.63, 3.8) is 0 Å². The molecule has 3 nitrogen and oxygen atoms in total. The number of carbonyl (C=O) groups is 1. The highest BCUT2D eigenvalue weighted by atomic mass is 19.2. The number of hydrogen-bond donors (Lipinski definition) is 1. The van der Waals surface area contributed by atoms with E-state index in [-0.39, 0.29) is 0 Å². The molecule has 1 aromatic heterocycles. The number of fused-ring (bicyclic) bond motifs is 1. The number of amides is 1. The van der Waals surface area contributed by atoms with Crippen LogP contribution in [0.4, 0.5) is 87.8 Å². The molecule has 0 fully saturated rings. The van der Waals surface area contributed by atoms with Crippen LogP contribution in [0.5, 0.6) is 0 Å². The van der Waals surface area contributed by atoms with Crippen LogP contribution in [0.1, 0.15) is 15.9 Å². The number of halogens is 20. The highest BCUT2D eigenvalue weighted by Gasteiger charge is 2.52. The quantitative estimate of drug-likeness (QED) is 0.0568. The van der Waals surface area contributed by atoms with Crippen molar-refractivity contribution in [3.05, 3.63) is 194 Å². The molecule has 0 radical (unpaired) electrons. The van der Waals surface area contributed by atoms with Gasteiger partial charge in [0.05, 0.1) is 0 Å². The lowest BCUT2D eigenvalue weighted by Crippen LogP contribution is -2.81. The molecule has 24 heteroatoms. The van der Waals surface area contributed by atoms with Gasteiger partial charge in [0.15, 0.2) is 82.5 Å². The lowest BCUT2D eigenvalue weighted by Gasteiger charge is -2.44. The summed E-state index contributed by atoms with van der Waals surface area (Å²) in [4.78, 5) is 11.2. The van der Waals surface area contributed by atoms with Crippen molar-refractivity contribution >= 4 is 44.8 Å². The van der Waals surface area contributed by atoms with Crippen LogP contribution in [-0.2, 0) is 6.54 Å². The first kappa shape index (κ1) is 47.3. The molecule has 338 valence electrons. The Morgan fingerprint density at radius 1 is 0.400 bits per heavy atom. The van der Waals surface area contributed by atoms with E-state index in [2.05, 4.69) is 16.7 Å². The fourth-order valence-corrected chi connectivity index (χ4v) is 7.23. The topological polar surface area (TPSA) is 47.0 Å². The summed E-state index contributed by atoms with van der Waals surface area (Å²) in [5.41, 5.74) is -6.15. The fraction of sp³-hybridized carbons (Fsp3) is 0.0244. The fourth-order valence-electron chi connectivity index (χ4n) is 7.23. The van der Waals surface area contributed by atoms with E-state index in [0.717, 1.165) is 17.4 Å². The first-order valence-corrected chi connectivity index (χ1v) is 17.4. The Kier molecular flexibility index (Phi) is 12.7. The molecule has 1 heterocycles. The van der Waals surface area contributed by atoms with Crippen molar-refractivity contribution in [3.8, 4) is 0 Å². The van der Waals surface area contributed by atoms with Crippen LogP contribution in [0.3, 0.4) is 0 Å². The van der Waals surface area contributed by atoms with Crippen molar-refractivity contribution in [1.82, 2.24) is 0 Å². The molecule has 65 heavy (non-hydrogen) atoms. The molecule has 7 rings (SSSR count). The summed E-state index contributed by atoms with van der Waals surface area (Å²) >= 11 is 0. The highest BCUT2D eigenvalue weighted by Crippen LogP contribution is 2.31. The monoisotopic (exact) mass is 942 g/mol. The average Bonchev–Trinajstić information content (AvgIpc) is 3.29. The van der Waals surface area contributed by atoms with Crippen LogP contribution in [0.2, 0.25) is 0 Å². The molecule has 0 aliphatic carbocycles. The number of pyridine rings is 1. The molecule has 0 unspecified atom stereocenters.